The zero-order chi connectivity index (χ0) is 23.7. The lowest BCUT2D eigenvalue weighted by Gasteiger charge is -2.35. The molecule has 7 nitrogen and oxygen atoms in total. The van der Waals surface area contributed by atoms with E-state index in [1.165, 1.54) is 11.8 Å². The molecule has 0 spiro atoms. The van der Waals surface area contributed by atoms with Gasteiger partial charge in [-0.15, -0.1) is 0 Å². The first-order valence-corrected chi connectivity index (χ1v) is 12.0. The average molecular weight is 475 g/mol. The number of para-hydroxylation sites is 1. The molecule has 0 aliphatic carbocycles. The number of nitrogens with zero attached hydrogens (tertiary/aromatic N) is 4. The van der Waals surface area contributed by atoms with Crippen LogP contribution in [0.1, 0.15) is 19.4 Å². The van der Waals surface area contributed by atoms with Crippen molar-refractivity contribution in [3.8, 4) is 22.7 Å². The van der Waals surface area contributed by atoms with E-state index in [4.69, 9.17) is 14.6 Å². The first kappa shape index (κ1) is 22.4. The van der Waals surface area contributed by atoms with Crippen LogP contribution in [-0.4, -0.2) is 58.2 Å². The van der Waals surface area contributed by atoms with Gasteiger partial charge in [0.15, 0.2) is 5.17 Å². The summed E-state index contributed by atoms with van der Waals surface area (Å²) in [6, 6.07) is 17.7. The summed E-state index contributed by atoms with van der Waals surface area (Å²) in [5, 5.41) is 5.59. The fourth-order valence-corrected chi connectivity index (χ4v) is 5.13. The Kier molecular flexibility index (Phi) is 6.26. The third kappa shape index (κ3) is 4.64. The number of hydrogen-bond donors (Lipinski definition) is 0. The molecular formula is C26H26N4O3S. The first-order valence-electron chi connectivity index (χ1n) is 11.2. The van der Waals surface area contributed by atoms with Gasteiger partial charge in [-0.2, -0.15) is 10.1 Å². The van der Waals surface area contributed by atoms with Gasteiger partial charge in [-0.25, -0.2) is 4.68 Å². The second-order valence-corrected chi connectivity index (χ2v) is 9.43. The number of carbonyl (C=O) groups excluding carboxylic acids is 1. The second kappa shape index (κ2) is 9.48. The minimum atomic E-state index is -0.226. The molecule has 5 rings (SSSR count). The van der Waals surface area contributed by atoms with E-state index in [0.717, 1.165) is 46.5 Å². The Balaban J connectivity index is 1.50. The van der Waals surface area contributed by atoms with E-state index in [-0.39, 0.29) is 18.1 Å². The van der Waals surface area contributed by atoms with Gasteiger partial charge in [-0.3, -0.25) is 4.79 Å². The predicted octanol–water partition coefficient (Wildman–Crippen LogP) is 4.63. The number of carbonyl (C=O) groups is 1. The molecule has 1 aromatic heterocycles. The highest BCUT2D eigenvalue weighted by Gasteiger charge is 2.31. The Labute approximate surface area is 203 Å². The molecule has 1 saturated heterocycles. The number of benzene rings is 2. The van der Waals surface area contributed by atoms with Gasteiger partial charge in [-0.05, 0) is 56.0 Å². The minimum absolute atomic E-state index is 0.0962. The maximum atomic E-state index is 12.8. The molecule has 0 bridgehead atoms. The van der Waals surface area contributed by atoms with E-state index in [9.17, 15) is 4.79 Å². The smallest absolute Gasteiger partial charge is 0.286 e. The van der Waals surface area contributed by atoms with E-state index < -0.39 is 0 Å². The molecule has 0 radical (unpaired) electrons. The van der Waals surface area contributed by atoms with Crippen molar-refractivity contribution in [2.45, 2.75) is 26.1 Å². The molecule has 2 aromatic carbocycles. The van der Waals surface area contributed by atoms with Gasteiger partial charge < -0.3 is 14.4 Å². The number of amidine groups is 1. The quantitative estimate of drug-likeness (QED) is 0.514. The molecular weight excluding hydrogens is 448 g/mol. The molecule has 1 amide bonds. The summed E-state index contributed by atoms with van der Waals surface area (Å²) in [6.45, 7) is 5.52. The maximum absolute atomic E-state index is 12.8. The van der Waals surface area contributed by atoms with Gasteiger partial charge in [0.05, 0.1) is 29.9 Å². The SMILES string of the molecule is COc1cccc(-c2nn(-c3ccccc3)cc2/C=C2\SC(N3C[C@@H](C)O[C@H](C)C3)=NC2=O)c1. The summed E-state index contributed by atoms with van der Waals surface area (Å²) in [5.74, 6) is 0.522. The number of ether oxygens (including phenoxy) is 2. The third-order valence-corrected chi connectivity index (χ3v) is 6.74. The molecule has 2 aliphatic rings. The van der Waals surface area contributed by atoms with Crippen molar-refractivity contribution in [2.75, 3.05) is 20.2 Å². The van der Waals surface area contributed by atoms with Gasteiger partial charge >= 0.3 is 0 Å². The van der Waals surface area contributed by atoms with E-state index in [2.05, 4.69) is 9.89 Å². The number of aromatic nitrogens is 2. The Hall–Kier alpha value is -3.36. The van der Waals surface area contributed by atoms with Gasteiger partial charge in [0.25, 0.3) is 5.91 Å². The minimum Gasteiger partial charge on any atom is -0.497 e. The van der Waals surface area contributed by atoms with Crippen LogP contribution in [0.5, 0.6) is 5.75 Å². The van der Waals surface area contributed by atoms with Gasteiger partial charge in [0, 0.05) is 30.4 Å². The van der Waals surface area contributed by atoms with E-state index >= 15 is 0 Å². The molecule has 1 fully saturated rings. The van der Waals surface area contributed by atoms with Crippen LogP contribution in [0.3, 0.4) is 0 Å². The van der Waals surface area contributed by atoms with Crippen molar-refractivity contribution in [1.29, 1.82) is 0 Å². The summed E-state index contributed by atoms with van der Waals surface area (Å²) < 4.78 is 13.1. The third-order valence-electron chi connectivity index (χ3n) is 5.69. The molecule has 3 heterocycles. The van der Waals surface area contributed by atoms with Crippen LogP contribution in [0.25, 0.3) is 23.0 Å². The van der Waals surface area contributed by atoms with E-state index in [1.807, 2.05) is 85.4 Å². The molecule has 8 heteroatoms. The molecule has 174 valence electrons. The van der Waals surface area contributed by atoms with Crippen LogP contribution in [0.2, 0.25) is 0 Å². The highest BCUT2D eigenvalue weighted by Crippen LogP contribution is 2.34. The van der Waals surface area contributed by atoms with Crippen LogP contribution < -0.4 is 4.74 Å². The van der Waals surface area contributed by atoms with Gasteiger partial charge in [0.1, 0.15) is 11.4 Å². The molecule has 2 atom stereocenters. The van der Waals surface area contributed by atoms with Crippen molar-refractivity contribution >= 4 is 28.9 Å². The van der Waals surface area contributed by atoms with E-state index in [0.29, 0.717) is 4.91 Å². The van der Waals surface area contributed by atoms with Crippen LogP contribution in [0.15, 0.2) is 70.7 Å². The average Bonchev–Trinajstić information content (AvgIpc) is 3.43. The Morgan fingerprint density at radius 3 is 2.59 bits per heavy atom. The normalized spacial score (nSPS) is 21.7. The summed E-state index contributed by atoms with van der Waals surface area (Å²) in [4.78, 5) is 19.9. The lowest BCUT2D eigenvalue weighted by molar-refractivity contribution is -0.113. The van der Waals surface area contributed by atoms with Crippen LogP contribution >= 0.6 is 11.8 Å². The lowest BCUT2D eigenvalue weighted by atomic mass is 10.1. The van der Waals surface area contributed by atoms with Crippen LogP contribution in [0.4, 0.5) is 0 Å². The predicted molar refractivity (Wildman–Crippen MR) is 135 cm³/mol. The van der Waals surface area contributed by atoms with Crippen LogP contribution in [-0.2, 0) is 9.53 Å². The standard InChI is InChI=1S/C26H26N4O3S/c1-17-14-29(15-18(2)33-17)26-27-25(31)23(34-26)13-20-16-30(21-9-5-4-6-10-21)28-24(20)19-8-7-11-22(12-19)32-3/h4-13,16-18H,14-15H2,1-3H3/b23-13-/t17-,18-/m1/s1. The number of morpholine rings is 1. The van der Waals surface area contributed by atoms with Crippen molar-refractivity contribution in [2.24, 2.45) is 4.99 Å². The zero-order valence-corrected chi connectivity index (χ0v) is 20.2. The number of amides is 1. The van der Waals surface area contributed by atoms with Crippen molar-refractivity contribution < 1.29 is 14.3 Å². The summed E-state index contributed by atoms with van der Waals surface area (Å²) in [7, 11) is 1.64. The van der Waals surface area contributed by atoms with E-state index in [1.54, 1.807) is 7.11 Å². The van der Waals surface area contributed by atoms with Crippen molar-refractivity contribution in [1.82, 2.24) is 14.7 Å². The van der Waals surface area contributed by atoms with Crippen LogP contribution in [0, 0.1) is 0 Å². The summed E-state index contributed by atoms with van der Waals surface area (Å²) in [6.07, 6.45) is 4.03. The number of methoxy groups -OCH3 is 1. The number of thioether (sulfide) groups is 1. The zero-order valence-electron chi connectivity index (χ0n) is 19.3. The van der Waals surface area contributed by atoms with Gasteiger partial charge in [-0.1, -0.05) is 30.3 Å². The Morgan fingerprint density at radius 1 is 1.09 bits per heavy atom. The Morgan fingerprint density at radius 2 is 1.85 bits per heavy atom. The topological polar surface area (TPSA) is 68.9 Å². The number of hydrogen-bond acceptors (Lipinski definition) is 6. The second-order valence-electron chi connectivity index (χ2n) is 8.42. The molecule has 0 unspecified atom stereocenters. The highest BCUT2D eigenvalue weighted by atomic mass is 32.2. The van der Waals surface area contributed by atoms with Crippen molar-refractivity contribution in [3.63, 3.8) is 0 Å². The number of rotatable bonds is 4. The molecule has 0 saturated carbocycles. The fraction of sp³-hybridized carbons (Fsp3) is 0.269. The lowest BCUT2D eigenvalue weighted by Crippen LogP contribution is -2.47. The first-order chi connectivity index (χ1) is 16.5. The molecule has 0 N–H and O–H groups in total. The largest absolute Gasteiger partial charge is 0.497 e. The monoisotopic (exact) mass is 474 g/mol. The number of aliphatic imine (C=N–C) groups is 1. The fourth-order valence-electron chi connectivity index (χ4n) is 4.21. The molecule has 34 heavy (non-hydrogen) atoms. The maximum Gasteiger partial charge on any atom is 0.286 e. The summed E-state index contributed by atoms with van der Waals surface area (Å²) >= 11 is 1.41. The van der Waals surface area contributed by atoms with Crippen molar-refractivity contribution in [3.05, 3.63) is 71.3 Å². The Bertz CT molecular complexity index is 1260. The highest BCUT2D eigenvalue weighted by molar-refractivity contribution is 8.18. The molecule has 3 aromatic rings. The molecule has 2 aliphatic heterocycles. The van der Waals surface area contributed by atoms with Gasteiger partial charge in [0.2, 0.25) is 0 Å². The summed E-state index contributed by atoms with van der Waals surface area (Å²) in [5.41, 5.74) is 3.46.